The first-order valence-corrected chi connectivity index (χ1v) is 2.67. The predicted octanol–water partition coefficient (Wildman–Crippen LogP) is 0.635. The Labute approximate surface area is 52.6 Å². The largest absolute Gasteiger partial charge is 0.512 e. The van der Waals surface area contributed by atoms with E-state index in [-0.39, 0.29) is 17.9 Å². The number of hydrogen-bond acceptors (Lipinski definition) is 3. The Morgan fingerprint density at radius 2 is 2.11 bits per heavy atom. The van der Waals surface area contributed by atoms with E-state index in [9.17, 15) is 0 Å². The second-order valence-corrected chi connectivity index (χ2v) is 2.00. The summed E-state index contributed by atoms with van der Waals surface area (Å²) in [7, 11) is 0. The molecule has 0 saturated carbocycles. The first-order chi connectivity index (χ1) is 4.18. The highest BCUT2D eigenvalue weighted by molar-refractivity contribution is 5.20. The van der Waals surface area contributed by atoms with Crippen molar-refractivity contribution in [2.24, 2.45) is 0 Å². The fourth-order valence-corrected chi connectivity index (χ4v) is 0.748. The Hall–Kier alpha value is -0.960. The van der Waals surface area contributed by atoms with E-state index in [0.29, 0.717) is 0 Å². The van der Waals surface area contributed by atoms with Gasteiger partial charge in [0.05, 0.1) is 11.9 Å². The van der Waals surface area contributed by atoms with Gasteiger partial charge in [-0.15, -0.1) is 0 Å². The molecule has 1 aliphatic rings. The average molecular weight is 128 g/mol. The van der Waals surface area contributed by atoms with Crippen molar-refractivity contribution in [3.63, 3.8) is 0 Å². The molecule has 0 fully saturated rings. The predicted molar refractivity (Wildman–Crippen MR) is 32.0 cm³/mol. The van der Waals surface area contributed by atoms with Crippen molar-refractivity contribution in [3.05, 3.63) is 23.7 Å². The lowest BCUT2D eigenvalue weighted by atomic mass is 10.1. The molecule has 3 heteroatoms. The van der Waals surface area contributed by atoms with Crippen molar-refractivity contribution in [1.82, 2.24) is 0 Å². The van der Waals surface area contributed by atoms with Crippen LogP contribution < -0.4 is 0 Å². The molecule has 0 heterocycles. The number of hydrogen-bond donors (Lipinski definition) is 3. The second-order valence-electron chi connectivity index (χ2n) is 2.00. The minimum Gasteiger partial charge on any atom is -0.512 e. The Kier molecular flexibility index (Phi) is 1.44. The fourth-order valence-electron chi connectivity index (χ4n) is 0.748. The zero-order chi connectivity index (χ0) is 6.85. The van der Waals surface area contributed by atoms with E-state index in [1.807, 2.05) is 0 Å². The van der Waals surface area contributed by atoms with Crippen molar-refractivity contribution in [2.75, 3.05) is 0 Å². The van der Waals surface area contributed by atoms with E-state index < -0.39 is 6.10 Å². The molecule has 1 rings (SSSR count). The molecule has 0 radical (unpaired) electrons. The Balaban J connectivity index is 2.74. The van der Waals surface area contributed by atoms with Crippen LogP contribution in [0.25, 0.3) is 0 Å². The SMILES string of the molecule is OC1=CC(O)CC(O)=C1. The van der Waals surface area contributed by atoms with Crippen LogP contribution >= 0.6 is 0 Å². The van der Waals surface area contributed by atoms with Gasteiger partial charge >= 0.3 is 0 Å². The zero-order valence-electron chi connectivity index (χ0n) is 4.78. The molecule has 0 amide bonds. The number of aliphatic hydroxyl groups is 3. The van der Waals surface area contributed by atoms with Crippen molar-refractivity contribution >= 4 is 0 Å². The summed E-state index contributed by atoms with van der Waals surface area (Å²) >= 11 is 0. The van der Waals surface area contributed by atoms with Gasteiger partial charge in [0, 0.05) is 12.5 Å². The summed E-state index contributed by atoms with van der Waals surface area (Å²) in [5.74, 6) is -0.0613. The molecular weight excluding hydrogens is 120 g/mol. The van der Waals surface area contributed by atoms with Crippen LogP contribution in [0.4, 0.5) is 0 Å². The van der Waals surface area contributed by atoms with Crippen molar-refractivity contribution in [3.8, 4) is 0 Å². The molecule has 0 saturated heterocycles. The van der Waals surface area contributed by atoms with Crippen LogP contribution in [-0.2, 0) is 0 Å². The zero-order valence-corrected chi connectivity index (χ0v) is 4.78. The van der Waals surface area contributed by atoms with Gasteiger partial charge < -0.3 is 15.3 Å². The van der Waals surface area contributed by atoms with E-state index in [0.717, 1.165) is 0 Å². The molecule has 0 spiro atoms. The third-order valence-corrected chi connectivity index (χ3v) is 1.10. The summed E-state index contributed by atoms with van der Waals surface area (Å²) in [5, 5.41) is 26.3. The summed E-state index contributed by atoms with van der Waals surface area (Å²) in [6.07, 6.45) is 1.95. The molecule has 1 atom stereocenters. The van der Waals surface area contributed by atoms with Gasteiger partial charge in [-0.1, -0.05) is 0 Å². The first-order valence-electron chi connectivity index (χ1n) is 2.67. The maximum atomic E-state index is 8.81. The van der Waals surface area contributed by atoms with Crippen LogP contribution in [0.15, 0.2) is 23.7 Å². The molecule has 0 aliphatic heterocycles. The summed E-state index contributed by atoms with van der Waals surface area (Å²) in [6, 6.07) is 0. The molecule has 0 aromatic carbocycles. The third-order valence-electron chi connectivity index (χ3n) is 1.10. The number of rotatable bonds is 0. The van der Waals surface area contributed by atoms with Crippen LogP contribution in [0.1, 0.15) is 6.42 Å². The monoisotopic (exact) mass is 128 g/mol. The van der Waals surface area contributed by atoms with Gasteiger partial charge in [-0.25, -0.2) is 0 Å². The maximum Gasteiger partial charge on any atom is 0.117 e. The normalized spacial score (nSPS) is 27.0. The van der Waals surface area contributed by atoms with Gasteiger partial charge in [0.1, 0.15) is 5.76 Å². The van der Waals surface area contributed by atoms with Gasteiger partial charge in [0.15, 0.2) is 0 Å². The van der Waals surface area contributed by atoms with Crippen LogP contribution in [0.3, 0.4) is 0 Å². The molecule has 1 aliphatic carbocycles. The highest BCUT2D eigenvalue weighted by atomic mass is 16.3. The molecule has 50 valence electrons. The van der Waals surface area contributed by atoms with Gasteiger partial charge in [-0.2, -0.15) is 0 Å². The molecule has 0 aromatic heterocycles. The van der Waals surface area contributed by atoms with E-state index in [4.69, 9.17) is 15.3 Å². The van der Waals surface area contributed by atoms with E-state index >= 15 is 0 Å². The average Bonchev–Trinajstić information content (AvgIpc) is 1.59. The van der Waals surface area contributed by atoms with Crippen molar-refractivity contribution in [2.45, 2.75) is 12.5 Å². The molecule has 3 nitrogen and oxygen atoms in total. The third kappa shape index (κ3) is 1.47. The Morgan fingerprint density at radius 1 is 1.44 bits per heavy atom. The summed E-state index contributed by atoms with van der Waals surface area (Å²) in [5.41, 5.74) is 0. The highest BCUT2D eigenvalue weighted by Gasteiger charge is 2.10. The van der Waals surface area contributed by atoms with Gasteiger partial charge in [0.2, 0.25) is 0 Å². The Bertz CT molecular complexity index is 169. The summed E-state index contributed by atoms with van der Waals surface area (Å²) in [4.78, 5) is 0. The molecule has 1 unspecified atom stereocenters. The molecule has 0 bridgehead atoms. The second kappa shape index (κ2) is 2.11. The quantitative estimate of drug-likeness (QED) is 0.448. The summed E-state index contributed by atoms with van der Waals surface area (Å²) in [6.45, 7) is 0. The lowest BCUT2D eigenvalue weighted by molar-refractivity contribution is 0.192. The van der Waals surface area contributed by atoms with Gasteiger partial charge in [-0.3, -0.25) is 0 Å². The first kappa shape index (κ1) is 6.16. The van der Waals surface area contributed by atoms with Crippen LogP contribution in [0, 0.1) is 0 Å². The fraction of sp³-hybridized carbons (Fsp3) is 0.333. The number of aliphatic hydroxyl groups excluding tert-OH is 3. The molecule has 9 heavy (non-hydrogen) atoms. The maximum absolute atomic E-state index is 8.81. The minimum atomic E-state index is -0.741. The van der Waals surface area contributed by atoms with E-state index in [1.165, 1.54) is 12.2 Å². The number of allylic oxidation sites excluding steroid dienone is 1. The lowest BCUT2D eigenvalue weighted by Gasteiger charge is -2.09. The topological polar surface area (TPSA) is 60.7 Å². The Morgan fingerprint density at radius 3 is 2.56 bits per heavy atom. The van der Waals surface area contributed by atoms with Crippen LogP contribution in [-0.4, -0.2) is 21.4 Å². The lowest BCUT2D eigenvalue weighted by Crippen LogP contribution is -2.08. The summed E-state index contributed by atoms with van der Waals surface area (Å²) < 4.78 is 0. The highest BCUT2D eigenvalue weighted by Crippen LogP contribution is 2.12. The minimum absolute atomic E-state index is 0.0162. The van der Waals surface area contributed by atoms with Crippen molar-refractivity contribution < 1.29 is 15.3 Å². The molecule has 3 N–H and O–H groups in total. The smallest absolute Gasteiger partial charge is 0.117 e. The molecular formula is C6H8O3. The van der Waals surface area contributed by atoms with Gasteiger partial charge in [0.25, 0.3) is 0 Å². The van der Waals surface area contributed by atoms with E-state index in [1.54, 1.807) is 0 Å². The van der Waals surface area contributed by atoms with Crippen molar-refractivity contribution in [1.29, 1.82) is 0 Å². The standard InChI is InChI=1S/C6H8O3/c7-4-1-5(8)3-6(9)2-4/h1-2,5,7-9H,3H2. The van der Waals surface area contributed by atoms with Crippen LogP contribution in [0.2, 0.25) is 0 Å². The van der Waals surface area contributed by atoms with Crippen LogP contribution in [0.5, 0.6) is 0 Å². The van der Waals surface area contributed by atoms with E-state index in [2.05, 4.69) is 0 Å². The molecule has 0 aromatic rings. The van der Waals surface area contributed by atoms with Gasteiger partial charge in [-0.05, 0) is 6.08 Å².